The molecule has 2 aliphatic rings. The van der Waals surface area contributed by atoms with E-state index < -0.39 is 0 Å². The summed E-state index contributed by atoms with van der Waals surface area (Å²) in [5.41, 5.74) is 1.88. The van der Waals surface area contributed by atoms with Crippen molar-refractivity contribution in [2.75, 3.05) is 18.1 Å². The van der Waals surface area contributed by atoms with Gasteiger partial charge in [0.25, 0.3) is 5.91 Å². The number of hydrazone groups is 1. The van der Waals surface area contributed by atoms with Gasteiger partial charge in [-0.2, -0.15) is 5.10 Å². The zero-order valence-electron chi connectivity index (χ0n) is 8.89. The van der Waals surface area contributed by atoms with Gasteiger partial charge in [-0.05, 0) is 12.1 Å². The predicted octanol–water partition coefficient (Wildman–Crippen LogP) is 0.999. The van der Waals surface area contributed by atoms with E-state index in [9.17, 15) is 4.79 Å². The number of rotatable bonds is 1. The quantitative estimate of drug-likeness (QED) is 0.759. The van der Waals surface area contributed by atoms with Crippen LogP contribution in [0.4, 0.5) is 5.69 Å². The molecule has 3 rings (SSSR count). The van der Waals surface area contributed by atoms with E-state index in [1.807, 2.05) is 30.3 Å². The Morgan fingerprint density at radius 1 is 1.31 bits per heavy atom. The third kappa shape index (κ3) is 1.42. The minimum Gasteiger partial charge on any atom is -0.315 e. The summed E-state index contributed by atoms with van der Waals surface area (Å²) in [5, 5.41) is 9.19. The summed E-state index contributed by atoms with van der Waals surface area (Å²) >= 11 is 0. The van der Waals surface area contributed by atoms with Crippen molar-refractivity contribution >= 4 is 17.3 Å². The summed E-state index contributed by atoms with van der Waals surface area (Å²) in [6.45, 7) is 1.65. The first kappa shape index (κ1) is 9.54. The van der Waals surface area contributed by atoms with E-state index in [1.54, 1.807) is 0 Å². The molecule has 0 saturated carbocycles. The highest BCUT2D eigenvalue weighted by atomic mass is 16.2. The molecule has 1 atom stereocenters. The second-order valence-corrected chi connectivity index (χ2v) is 4.08. The van der Waals surface area contributed by atoms with Gasteiger partial charge >= 0.3 is 0 Å². The highest BCUT2D eigenvalue weighted by Gasteiger charge is 2.37. The number of piperidine rings is 1. The fraction of sp³-hybridized carbons (Fsp3) is 0.333. The van der Waals surface area contributed by atoms with Crippen LogP contribution in [-0.4, -0.2) is 24.7 Å². The zero-order valence-corrected chi connectivity index (χ0v) is 8.89. The standard InChI is InChI=1S/C12H13N3O/c16-12-10-8-13-7-6-11(10)14-15(12)9-4-2-1-3-5-9/h1-5,10,13H,6-8H2/t10-/m0/s1. The molecule has 1 saturated heterocycles. The highest BCUT2D eigenvalue weighted by Crippen LogP contribution is 2.25. The maximum atomic E-state index is 12.1. The van der Waals surface area contributed by atoms with E-state index in [2.05, 4.69) is 10.4 Å². The van der Waals surface area contributed by atoms with Crippen LogP contribution in [0.15, 0.2) is 35.4 Å². The van der Waals surface area contributed by atoms with E-state index >= 15 is 0 Å². The number of nitrogens with zero attached hydrogens (tertiary/aromatic N) is 2. The maximum Gasteiger partial charge on any atom is 0.257 e. The van der Waals surface area contributed by atoms with Crippen molar-refractivity contribution < 1.29 is 4.79 Å². The third-order valence-corrected chi connectivity index (χ3v) is 3.04. The van der Waals surface area contributed by atoms with Gasteiger partial charge in [0.15, 0.2) is 0 Å². The lowest BCUT2D eigenvalue weighted by Gasteiger charge is -2.18. The Morgan fingerprint density at radius 3 is 2.88 bits per heavy atom. The lowest BCUT2D eigenvalue weighted by Crippen LogP contribution is -2.40. The van der Waals surface area contributed by atoms with Gasteiger partial charge in [0, 0.05) is 19.5 Å². The molecule has 0 radical (unpaired) electrons. The Hall–Kier alpha value is -1.68. The first-order valence-corrected chi connectivity index (χ1v) is 5.53. The number of fused-ring (bicyclic) bond motifs is 1. The number of benzene rings is 1. The van der Waals surface area contributed by atoms with Gasteiger partial charge in [-0.25, -0.2) is 5.01 Å². The van der Waals surface area contributed by atoms with Crippen molar-refractivity contribution in [3.8, 4) is 0 Å². The van der Waals surface area contributed by atoms with Gasteiger partial charge in [-0.1, -0.05) is 18.2 Å². The van der Waals surface area contributed by atoms with E-state index in [4.69, 9.17) is 0 Å². The van der Waals surface area contributed by atoms with E-state index in [1.165, 1.54) is 5.01 Å². The van der Waals surface area contributed by atoms with E-state index in [0.29, 0.717) is 0 Å². The van der Waals surface area contributed by atoms with Crippen LogP contribution >= 0.6 is 0 Å². The molecule has 2 heterocycles. The molecule has 16 heavy (non-hydrogen) atoms. The molecule has 0 spiro atoms. The van der Waals surface area contributed by atoms with Gasteiger partial charge in [0.2, 0.25) is 0 Å². The Kier molecular flexibility index (Phi) is 2.22. The molecule has 0 unspecified atom stereocenters. The lowest BCUT2D eigenvalue weighted by molar-refractivity contribution is -0.119. The van der Waals surface area contributed by atoms with E-state index in [0.717, 1.165) is 30.9 Å². The average Bonchev–Trinajstić information content (AvgIpc) is 2.69. The maximum absolute atomic E-state index is 12.1. The van der Waals surface area contributed by atoms with Gasteiger partial charge in [-0.15, -0.1) is 0 Å². The number of anilines is 1. The Bertz CT molecular complexity index is 441. The molecule has 1 N–H and O–H groups in total. The number of amides is 1. The van der Waals surface area contributed by atoms with Gasteiger partial charge in [0.1, 0.15) is 0 Å². The SMILES string of the molecule is O=C1[C@H]2CNCCC2=NN1c1ccccc1. The van der Waals surface area contributed by atoms with Crippen molar-refractivity contribution in [2.24, 2.45) is 11.0 Å². The summed E-state index contributed by atoms with van der Waals surface area (Å²) < 4.78 is 0. The Balaban J connectivity index is 1.93. The van der Waals surface area contributed by atoms with Crippen LogP contribution in [0, 0.1) is 5.92 Å². The molecular weight excluding hydrogens is 202 g/mol. The van der Waals surface area contributed by atoms with Crippen LogP contribution < -0.4 is 10.3 Å². The molecule has 4 nitrogen and oxygen atoms in total. The monoisotopic (exact) mass is 215 g/mol. The number of carbonyl (C=O) groups is 1. The molecule has 4 heteroatoms. The van der Waals surface area contributed by atoms with Crippen LogP contribution in [0.1, 0.15) is 6.42 Å². The summed E-state index contributed by atoms with van der Waals surface area (Å²) in [5.74, 6) is 0.0438. The Labute approximate surface area is 93.9 Å². The molecule has 1 amide bonds. The average molecular weight is 215 g/mol. The minimum atomic E-state index is -0.0473. The summed E-state index contributed by atoms with van der Waals surface area (Å²) in [6, 6.07) is 9.59. The van der Waals surface area contributed by atoms with Gasteiger partial charge < -0.3 is 5.32 Å². The van der Waals surface area contributed by atoms with Crippen molar-refractivity contribution in [3.05, 3.63) is 30.3 Å². The molecule has 1 aromatic carbocycles. The normalized spacial score (nSPS) is 24.2. The largest absolute Gasteiger partial charge is 0.315 e. The fourth-order valence-electron chi connectivity index (χ4n) is 2.18. The second kappa shape index (κ2) is 3.72. The fourth-order valence-corrected chi connectivity index (χ4v) is 2.18. The molecular formula is C12H13N3O. The van der Waals surface area contributed by atoms with Crippen molar-refractivity contribution in [2.45, 2.75) is 6.42 Å². The topological polar surface area (TPSA) is 44.7 Å². The van der Waals surface area contributed by atoms with Gasteiger partial charge in [-0.3, -0.25) is 4.79 Å². The first-order chi connectivity index (χ1) is 7.86. The summed E-state index contributed by atoms with van der Waals surface area (Å²) in [6.07, 6.45) is 0.875. The van der Waals surface area contributed by atoms with Crippen LogP contribution in [0.2, 0.25) is 0 Å². The van der Waals surface area contributed by atoms with Crippen molar-refractivity contribution in [3.63, 3.8) is 0 Å². The molecule has 2 aliphatic heterocycles. The van der Waals surface area contributed by atoms with Crippen molar-refractivity contribution in [1.29, 1.82) is 0 Å². The number of nitrogens with one attached hydrogen (secondary N) is 1. The molecule has 82 valence electrons. The minimum absolute atomic E-state index is 0.0473. The van der Waals surface area contributed by atoms with Crippen LogP contribution in [0.5, 0.6) is 0 Å². The zero-order chi connectivity index (χ0) is 11.0. The summed E-state index contributed by atoms with van der Waals surface area (Å²) in [7, 11) is 0. The first-order valence-electron chi connectivity index (χ1n) is 5.53. The lowest BCUT2D eigenvalue weighted by atomic mass is 9.97. The predicted molar refractivity (Wildman–Crippen MR) is 62.3 cm³/mol. The second-order valence-electron chi connectivity index (χ2n) is 4.08. The molecule has 0 aromatic heterocycles. The number of para-hydroxylation sites is 1. The van der Waals surface area contributed by atoms with Crippen LogP contribution in [0.3, 0.4) is 0 Å². The Morgan fingerprint density at radius 2 is 2.12 bits per heavy atom. The number of hydrogen-bond acceptors (Lipinski definition) is 3. The third-order valence-electron chi connectivity index (χ3n) is 3.04. The molecule has 1 aromatic rings. The molecule has 0 bridgehead atoms. The molecule has 0 aliphatic carbocycles. The van der Waals surface area contributed by atoms with Crippen LogP contribution in [0.25, 0.3) is 0 Å². The van der Waals surface area contributed by atoms with Crippen molar-refractivity contribution in [1.82, 2.24) is 5.32 Å². The van der Waals surface area contributed by atoms with Gasteiger partial charge in [0.05, 0.1) is 17.3 Å². The summed E-state index contributed by atoms with van der Waals surface area (Å²) in [4.78, 5) is 12.1. The van der Waals surface area contributed by atoms with E-state index in [-0.39, 0.29) is 11.8 Å². The smallest absolute Gasteiger partial charge is 0.257 e. The highest BCUT2D eigenvalue weighted by molar-refractivity contribution is 6.16. The number of carbonyl (C=O) groups excluding carboxylic acids is 1. The number of hydrogen-bond donors (Lipinski definition) is 1. The van der Waals surface area contributed by atoms with Crippen LogP contribution in [-0.2, 0) is 4.79 Å². The molecule has 1 fully saturated rings.